The summed E-state index contributed by atoms with van der Waals surface area (Å²) in [4.78, 5) is 5.18. The van der Waals surface area contributed by atoms with Crippen LogP contribution in [-0.4, -0.2) is 54.6 Å². The molecule has 2 N–H and O–H groups in total. The molecule has 1 saturated heterocycles. The maximum absolute atomic E-state index is 6.16. The summed E-state index contributed by atoms with van der Waals surface area (Å²) in [5.74, 6) is 0.766. The molecule has 1 atom stereocenters. The lowest BCUT2D eigenvalue weighted by molar-refractivity contribution is 0.0160. The number of nitrogens with zero attached hydrogens (tertiary/aromatic N) is 2. The zero-order valence-electron chi connectivity index (χ0n) is 13.8. The third-order valence-electron chi connectivity index (χ3n) is 4.91. The second-order valence-electron chi connectivity index (χ2n) is 6.87. The van der Waals surface area contributed by atoms with E-state index in [0.29, 0.717) is 6.04 Å². The van der Waals surface area contributed by atoms with Gasteiger partial charge in [0, 0.05) is 24.7 Å². The molecule has 0 bridgehead atoms. The molecule has 0 aromatic heterocycles. The summed E-state index contributed by atoms with van der Waals surface area (Å²) >= 11 is 0. The number of likely N-dealkylation sites (N-methyl/N-ethyl adjacent to an activating group) is 1. The first kappa shape index (κ1) is 16.9. The highest BCUT2D eigenvalue weighted by atomic mass is 15.2. The van der Waals surface area contributed by atoms with Crippen molar-refractivity contribution in [1.82, 2.24) is 9.80 Å². The van der Waals surface area contributed by atoms with Crippen LogP contribution in [0.2, 0.25) is 0 Å². The summed E-state index contributed by atoms with van der Waals surface area (Å²) in [6.07, 6.45) is 4.97. The topological polar surface area (TPSA) is 32.5 Å². The Hall–Kier alpha value is -0.120. The van der Waals surface area contributed by atoms with E-state index in [1.807, 2.05) is 0 Å². The van der Waals surface area contributed by atoms with Gasteiger partial charge in [-0.15, -0.1) is 0 Å². The minimum Gasteiger partial charge on any atom is -0.329 e. The lowest BCUT2D eigenvalue weighted by atomic mass is 9.84. The van der Waals surface area contributed by atoms with E-state index in [1.54, 1.807) is 0 Å². The van der Waals surface area contributed by atoms with Gasteiger partial charge in [-0.25, -0.2) is 0 Å². The van der Waals surface area contributed by atoms with Crippen molar-refractivity contribution >= 4 is 0 Å². The van der Waals surface area contributed by atoms with Gasteiger partial charge < -0.3 is 10.6 Å². The van der Waals surface area contributed by atoms with Crippen LogP contribution in [0.3, 0.4) is 0 Å². The number of piperidine rings is 1. The van der Waals surface area contributed by atoms with Crippen molar-refractivity contribution < 1.29 is 0 Å². The van der Waals surface area contributed by atoms with Gasteiger partial charge in [-0.1, -0.05) is 27.2 Å². The highest BCUT2D eigenvalue weighted by Gasteiger charge is 2.38. The van der Waals surface area contributed by atoms with Gasteiger partial charge in [-0.3, -0.25) is 4.90 Å². The van der Waals surface area contributed by atoms with Gasteiger partial charge in [0.05, 0.1) is 0 Å². The molecule has 0 spiro atoms. The van der Waals surface area contributed by atoms with Crippen LogP contribution in [0.25, 0.3) is 0 Å². The third-order valence-corrected chi connectivity index (χ3v) is 4.91. The highest BCUT2D eigenvalue weighted by molar-refractivity contribution is 4.96. The lowest BCUT2D eigenvalue weighted by Crippen LogP contribution is -2.60. The molecule has 0 radical (unpaired) electrons. The number of hydrogen-bond acceptors (Lipinski definition) is 3. The molecule has 1 aliphatic heterocycles. The number of likely N-dealkylation sites (tertiary alicyclic amines) is 1. The molecule has 1 aliphatic rings. The van der Waals surface area contributed by atoms with E-state index in [9.17, 15) is 0 Å². The Morgan fingerprint density at radius 2 is 1.79 bits per heavy atom. The molecule has 0 aromatic carbocycles. The molecular formula is C16H35N3. The van der Waals surface area contributed by atoms with Crippen molar-refractivity contribution in [3.05, 3.63) is 0 Å². The van der Waals surface area contributed by atoms with Crippen LogP contribution < -0.4 is 5.73 Å². The third kappa shape index (κ3) is 4.44. The molecule has 1 unspecified atom stereocenters. The molecule has 3 nitrogen and oxygen atoms in total. The first-order valence-electron chi connectivity index (χ1n) is 8.10. The van der Waals surface area contributed by atoms with Crippen LogP contribution in [-0.2, 0) is 0 Å². The Kier molecular flexibility index (Phi) is 6.78. The molecule has 0 aliphatic carbocycles. The lowest BCUT2D eigenvalue weighted by Gasteiger charge is -2.49. The Bertz CT molecular complexity index is 244. The van der Waals surface area contributed by atoms with Crippen LogP contribution >= 0.6 is 0 Å². The van der Waals surface area contributed by atoms with Gasteiger partial charge in [0.2, 0.25) is 0 Å². The van der Waals surface area contributed by atoms with E-state index < -0.39 is 0 Å². The molecule has 1 heterocycles. The number of rotatable bonds is 7. The Morgan fingerprint density at radius 1 is 1.21 bits per heavy atom. The summed E-state index contributed by atoms with van der Waals surface area (Å²) in [6, 6.07) is 0.644. The second kappa shape index (κ2) is 7.61. The van der Waals surface area contributed by atoms with E-state index in [0.717, 1.165) is 12.5 Å². The van der Waals surface area contributed by atoms with Crippen molar-refractivity contribution in [3.8, 4) is 0 Å². The van der Waals surface area contributed by atoms with Crippen molar-refractivity contribution in [2.45, 2.75) is 65.0 Å². The van der Waals surface area contributed by atoms with Crippen molar-refractivity contribution in [2.24, 2.45) is 11.7 Å². The zero-order chi connectivity index (χ0) is 14.5. The van der Waals surface area contributed by atoms with Gasteiger partial charge in [0.15, 0.2) is 0 Å². The molecule has 3 heteroatoms. The molecule has 0 saturated carbocycles. The fraction of sp³-hybridized carbons (Fsp3) is 1.00. The summed E-state index contributed by atoms with van der Waals surface area (Å²) in [6.45, 7) is 13.7. The molecule has 0 amide bonds. The normalized spacial score (nSPS) is 22.1. The average Bonchev–Trinajstić information content (AvgIpc) is 2.39. The Morgan fingerprint density at radius 3 is 2.21 bits per heavy atom. The average molecular weight is 269 g/mol. The zero-order valence-corrected chi connectivity index (χ0v) is 13.8. The van der Waals surface area contributed by atoms with Gasteiger partial charge in [0.1, 0.15) is 0 Å². The summed E-state index contributed by atoms with van der Waals surface area (Å²) in [7, 11) is 2.28. The van der Waals surface area contributed by atoms with Crippen LogP contribution in [0, 0.1) is 5.92 Å². The molecular weight excluding hydrogens is 234 g/mol. The van der Waals surface area contributed by atoms with E-state index in [2.05, 4.69) is 44.5 Å². The Labute approximate surface area is 120 Å². The van der Waals surface area contributed by atoms with Crippen molar-refractivity contribution in [1.29, 1.82) is 0 Å². The Balaban J connectivity index is 2.59. The van der Waals surface area contributed by atoms with E-state index in [1.165, 1.54) is 45.3 Å². The molecule has 0 aromatic rings. The largest absolute Gasteiger partial charge is 0.329 e. The quantitative estimate of drug-likeness (QED) is 0.771. The smallest absolute Gasteiger partial charge is 0.0355 e. The first-order chi connectivity index (χ1) is 8.95. The predicted octanol–water partition coefficient (Wildman–Crippen LogP) is 2.56. The van der Waals surface area contributed by atoms with Crippen molar-refractivity contribution in [3.63, 3.8) is 0 Å². The monoisotopic (exact) mass is 269 g/mol. The van der Waals surface area contributed by atoms with Crippen LogP contribution in [0.15, 0.2) is 0 Å². The minimum atomic E-state index is 0.238. The summed E-state index contributed by atoms with van der Waals surface area (Å²) < 4.78 is 0. The van der Waals surface area contributed by atoms with E-state index in [4.69, 9.17) is 5.73 Å². The standard InChI is InChI=1S/C16H35N3/c1-6-7-15(4)18(5)16(13-17)8-10-19(11-9-16)12-14(2)3/h14-15H,6-13,17H2,1-5H3. The summed E-state index contributed by atoms with van der Waals surface area (Å²) in [5, 5.41) is 0. The molecule has 1 fully saturated rings. The van der Waals surface area contributed by atoms with E-state index in [-0.39, 0.29) is 5.54 Å². The molecule has 114 valence electrons. The fourth-order valence-electron chi connectivity index (χ4n) is 3.45. The molecule has 1 rings (SSSR count). The minimum absolute atomic E-state index is 0.238. The van der Waals surface area contributed by atoms with E-state index >= 15 is 0 Å². The maximum atomic E-state index is 6.16. The number of nitrogens with two attached hydrogens (primary N) is 1. The first-order valence-corrected chi connectivity index (χ1v) is 8.10. The van der Waals surface area contributed by atoms with Gasteiger partial charge in [-0.2, -0.15) is 0 Å². The van der Waals surface area contributed by atoms with Crippen LogP contribution in [0.4, 0.5) is 0 Å². The SMILES string of the molecule is CCCC(C)N(C)C1(CN)CCN(CC(C)C)CC1. The van der Waals surface area contributed by atoms with Crippen LogP contribution in [0.5, 0.6) is 0 Å². The van der Waals surface area contributed by atoms with Gasteiger partial charge >= 0.3 is 0 Å². The second-order valence-corrected chi connectivity index (χ2v) is 6.87. The number of hydrogen-bond donors (Lipinski definition) is 1. The molecule has 19 heavy (non-hydrogen) atoms. The predicted molar refractivity (Wildman–Crippen MR) is 84.4 cm³/mol. The van der Waals surface area contributed by atoms with Gasteiger partial charge in [-0.05, 0) is 52.2 Å². The maximum Gasteiger partial charge on any atom is 0.0355 e. The van der Waals surface area contributed by atoms with Crippen molar-refractivity contribution in [2.75, 3.05) is 33.2 Å². The van der Waals surface area contributed by atoms with Crippen LogP contribution in [0.1, 0.15) is 53.4 Å². The van der Waals surface area contributed by atoms with Gasteiger partial charge in [0.25, 0.3) is 0 Å². The summed E-state index contributed by atoms with van der Waals surface area (Å²) in [5.41, 5.74) is 6.40. The fourth-order valence-corrected chi connectivity index (χ4v) is 3.45. The highest BCUT2D eigenvalue weighted by Crippen LogP contribution is 2.30.